The summed E-state index contributed by atoms with van der Waals surface area (Å²) >= 11 is 5.72. The Labute approximate surface area is 88.1 Å². The van der Waals surface area contributed by atoms with Gasteiger partial charge in [0.1, 0.15) is 0 Å². The Bertz CT molecular complexity index is 420. The maximum absolute atomic E-state index is 5.72. The lowest BCUT2D eigenvalue weighted by atomic mass is 10.1. The zero-order valence-electron chi connectivity index (χ0n) is 7.94. The van der Waals surface area contributed by atoms with E-state index in [0.29, 0.717) is 5.88 Å². The van der Waals surface area contributed by atoms with Gasteiger partial charge in [0.2, 0.25) is 0 Å². The lowest BCUT2D eigenvalue weighted by molar-refractivity contribution is 0.762. The van der Waals surface area contributed by atoms with Crippen molar-refractivity contribution in [1.82, 2.24) is 9.78 Å². The van der Waals surface area contributed by atoms with Crippen molar-refractivity contribution in [2.45, 2.75) is 5.88 Å². The van der Waals surface area contributed by atoms with Crippen LogP contribution in [-0.4, -0.2) is 9.78 Å². The number of nitrogens with zero attached hydrogens (tertiary/aromatic N) is 2. The van der Waals surface area contributed by atoms with Crippen molar-refractivity contribution in [3.05, 3.63) is 42.1 Å². The smallest absolute Gasteiger partial charge is 0.0778 e. The largest absolute Gasteiger partial charge is 0.268 e. The van der Waals surface area contributed by atoms with Crippen LogP contribution in [0.25, 0.3) is 11.3 Å². The van der Waals surface area contributed by atoms with Gasteiger partial charge in [-0.1, -0.05) is 30.3 Å². The van der Waals surface area contributed by atoms with Crippen LogP contribution < -0.4 is 0 Å². The fourth-order valence-electron chi connectivity index (χ4n) is 1.47. The van der Waals surface area contributed by atoms with Crippen molar-refractivity contribution in [2.24, 2.45) is 7.05 Å². The van der Waals surface area contributed by atoms with E-state index in [1.807, 2.05) is 36.0 Å². The molecule has 2 rings (SSSR count). The predicted molar refractivity (Wildman–Crippen MR) is 58.2 cm³/mol. The molecule has 0 N–H and O–H groups in total. The van der Waals surface area contributed by atoms with E-state index in [0.717, 1.165) is 11.4 Å². The Morgan fingerprint density at radius 2 is 2.00 bits per heavy atom. The van der Waals surface area contributed by atoms with Crippen molar-refractivity contribution < 1.29 is 0 Å². The molecule has 0 bridgehead atoms. The first-order chi connectivity index (χ1) is 6.81. The van der Waals surface area contributed by atoms with Crippen molar-refractivity contribution in [3.63, 3.8) is 0 Å². The summed E-state index contributed by atoms with van der Waals surface area (Å²) in [6.07, 6.45) is 0. The van der Waals surface area contributed by atoms with Crippen molar-refractivity contribution in [2.75, 3.05) is 0 Å². The molecule has 0 aliphatic carbocycles. The molecular weight excluding hydrogens is 196 g/mol. The molecule has 0 saturated heterocycles. The topological polar surface area (TPSA) is 17.8 Å². The van der Waals surface area contributed by atoms with Gasteiger partial charge in [-0.3, -0.25) is 4.68 Å². The summed E-state index contributed by atoms with van der Waals surface area (Å²) < 4.78 is 1.85. The molecule has 2 nitrogen and oxygen atoms in total. The van der Waals surface area contributed by atoms with Crippen LogP contribution in [0.2, 0.25) is 0 Å². The maximum Gasteiger partial charge on any atom is 0.0778 e. The van der Waals surface area contributed by atoms with Gasteiger partial charge < -0.3 is 0 Å². The lowest BCUT2D eigenvalue weighted by Crippen LogP contribution is -1.93. The molecule has 0 amide bonds. The molecule has 1 aromatic carbocycles. The Morgan fingerprint density at radius 1 is 1.29 bits per heavy atom. The van der Waals surface area contributed by atoms with Crippen LogP contribution >= 0.6 is 11.6 Å². The van der Waals surface area contributed by atoms with Crippen LogP contribution in [-0.2, 0) is 12.9 Å². The molecular formula is C11H11ClN2. The number of rotatable bonds is 2. The van der Waals surface area contributed by atoms with Gasteiger partial charge in [-0.2, -0.15) is 5.10 Å². The van der Waals surface area contributed by atoms with Crippen LogP contribution in [0.4, 0.5) is 0 Å². The van der Waals surface area contributed by atoms with Crippen LogP contribution in [0, 0.1) is 0 Å². The highest BCUT2D eigenvalue weighted by Crippen LogP contribution is 2.19. The molecule has 0 fully saturated rings. The minimum atomic E-state index is 0.459. The van der Waals surface area contributed by atoms with E-state index in [4.69, 9.17) is 11.6 Å². The van der Waals surface area contributed by atoms with Crippen LogP contribution in [0.3, 0.4) is 0 Å². The molecule has 0 atom stereocenters. The monoisotopic (exact) mass is 206 g/mol. The lowest BCUT2D eigenvalue weighted by Gasteiger charge is -1.99. The van der Waals surface area contributed by atoms with E-state index in [2.05, 4.69) is 17.2 Å². The van der Waals surface area contributed by atoms with Gasteiger partial charge in [0, 0.05) is 7.05 Å². The predicted octanol–water partition coefficient (Wildman–Crippen LogP) is 2.83. The number of alkyl halides is 1. The molecule has 0 aliphatic rings. The van der Waals surface area contributed by atoms with E-state index in [1.165, 1.54) is 5.56 Å². The molecule has 0 aliphatic heterocycles. The summed E-state index contributed by atoms with van der Waals surface area (Å²) in [5.74, 6) is 0.459. The molecule has 72 valence electrons. The average molecular weight is 207 g/mol. The number of halogens is 1. The minimum absolute atomic E-state index is 0.459. The van der Waals surface area contributed by atoms with E-state index >= 15 is 0 Å². The fourth-order valence-corrected chi connectivity index (χ4v) is 1.60. The molecule has 0 radical (unpaired) electrons. The molecule has 2 aromatic rings. The van der Waals surface area contributed by atoms with E-state index < -0.39 is 0 Å². The molecule has 1 aromatic heterocycles. The van der Waals surface area contributed by atoms with Crippen molar-refractivity contribution >= 4 is 11.6 Å². The van der Waals surface area contributed by atoms with Crippen molar-refractivity contribution in [3.8, 4) is 11.3 Å². The van der Waals surface area contributed by atoms with E-state index in [9.17, 15) is 0 Å². The van der Waals surface area contributed by atoms with Crippen LogP contribution in [0.1, 0.15) is 5.69 Å². The van der Waals surface area contributed by atoms with Crippen LogP contribution in [0.5, 0.6) is 0 Å². The SMILES string of the molecule is Cn1nc(CCl)cc1-c1ccccc1. The second-order valence-electron chi connectivity index (χ2n) is 3.14. The normalized spacial score (nSPS) is 10.4. The Kier molecular flexibility index (Phi) is 2.55. The van der Waals surface area contributed by atoms with Gasteiger partial charge in [0.15, 0.2) is 0 Å². The highest BCUT2D eigenvalue weighted by Gasteiger charge is 2.05. The number of hydrogen-bond donors (Lipinski definition) is 0. The van der Waals surface area contributed by atoms with Gasteiger partial charge in [-0.15, -0.1) is 11.6 Å². The third kappa shape index (κ3) is 1.66. The number of hydrogen-bond acceptors (Lipinski definition) is 1. The number of aryl methyl sites for hydroxylation is 1. The molecule has 0 spiro atoms. The molecule has 0 unspecified atom stereocenters. The second-order valence-corrected chi connectivity index (χ2v) is 3.41. The fraction of sp³-hybridized carbons (Fsp3) is 0.182. The summed E-state index contributed by atoms with van der Waals surface area (Å²) in [6.45, 7) is 0. The van der Waals surface area contributed by atoms with Gasteiger partial charge in [0.25, 0.3) is 0 Å². The highest BCUT2D eigenvalue weighted by atomic mass is 35.5. The van der Waals surface area contributed by atoms with E-state index in [1.54, 1.807) is 0 Å². The Morgan fingerprint density at radius 3 is 2.57 bits per heavy atom. The molecule has 3 heteroatoms. The summed E-state index contributed by atoms with van der Waals surface area (Å²) in [6, 6.07) is 12.2. The molecule has 1 heterocycles. The van der Waals surface area contributed by atoms with Gasteiger partial charge in [-0.05, 0) is 11.6 Å². The second kappa shape index (κ2) is 3.84. The average Bonchev–Trinajstić information content (AvgIpc) is 2.61. The third-order valence-corrected chi connectivity index (χ3v) is 2.41. The summed E-state index contributed by atoms with van der Waals surface area (Å²) in [7, 11) is 1.93. The zero-order valence-corrected chi connectivity index (χ0v) is 8.70. The van der Waals surface area contributed by atoms with Crippen LogP contribution in [0.15, 0.2) is 36.4 Å². The first-order valence-electron chi connectivity index (χ1n) is 4.45. The molecule has 14 heavy (non-hydrogen) atoms. The van der Waals surface area contributed by atoms with Gasteiger partial charge in [-0.25, -0.2) is 0 Å². The first-order valence-corrected chi connectivity index (χ1v) is 4.99. The Balaban J connectivity index is 2.46. The summed E-state index contributed by atoms with van der Waals surface area (Å²) in [5.41, 5.74) is 3.17. The highest BCUT2D eigenvalue weighted by molar-refractivity contribution is 6.16. The van der Waals surface area contributed by atoms with Gasteiger partial charge >= 0.3 is 0 Å². The quantitative estimate of drug-likeness (QED) is 0.691. The van der Waals surface area contributed by atoms with E-state index in [-0.39, 0.29) is 0 Å². The zero-order chi connectivity index (χ0) is 9.97. The Hall–Kier alpha value is -1.28. The van der Waals surface area contributed by atoms with Crippen molar-refractivity contribution in [1.29, 1.82) is 0 Å². The van der Waals surface area contributed by atoms with Gasteiger partial charge in [0.05, 0.1) is 17.3 Å². The number of benzene rings is 1. The summed E-state index contributed by atoms with van der Waals surface area (Å²) in [4.78, 5) is 0. The number of aromatic nitrogens is 2. The molecule has 0 saturated carbocycles. The minimum Gasteiger partial charge on any atom is -0.268 e. The summed E-state index contributed by atoms with van der Waals surface area (Å²) in [5, 5.41) is 4.29. The standard InChI is InChI=1S/C11H11ClN2/c1-14-11(7-10(8-12)13-14)9-5-3-2-4-6-9/h2-7H,8H2,1H3. The maximum atomic E-state index is 5.72. The third-order valence-electron chi connectivity index (χ3n) is 2.14. The first kappa shape index (κ1) is 9.28.